The van der Waals surface area contributed by atoms with Gasteiger partial charge in [0.05, 0.1) is 7.11 Å². The number of hydrogen-bond donors (Lipinski definition) is 1. The van der Waals surface area contributed by atoms with Crippen LogP contribution in [0.5, 0.6) is 11.5 Å². The number of benzene rings is 1. The molecule has 0 amide bonds. The van der Waals surface area contributed by atoms with Crippen LogP contribution in [0.2, 0.25) is 16.6 Å². The predicted octanol–water partition coefficient (Wildman–Crippen LogP) is 4.83. The molecule has 0 spiro atoms. The van der Waals surface area contributed by atoms with E-state index in [0.717, 1.165) is 11.5 Å². The Morgan fingerprint density at radius 2 is 1.40 bits per heavy atom. The molecule has 20 heavy (non-hydrogen) atoms. The van der Waals surface area contributed by atoms with Gasteiger partial charge in [-0.2, -0.15) is 0 Å². The first-order valence-electron chi connectivity index (χ1n) is 7.38. The normalized spacial score (nSPS) is 12.3. The van der Waals surface area contributed by atoms with E-state index >= 15 is 0 Å². The topological polar surface area (TPSA) is 44.5 Å². The molecule has 1 rings (SSSR count). The van der Waals surface area contributed by atoms with Crippen LogP contribution in [0, 0.1) is 0 Å². The Kier molecular flexibility index (Phi) is 5.51. The second kappa shape index (κ2) is 6.53. The molecule has 3 nitrogen and oxygen atoms in total. The lowest BCUT2D eigenvalue weighted by Gasteiger charge is -2.42. The van der Waals surface area contributed by atoms with E-state index in [1.165, 1.54) is 0 Å². The molecule has 0 aliphatic rings. The zero-order valence-electron chi connectivity index (χ0n) is 13.9. The molecular formula is C16H29NO2Si. The van der Waals surface area contributed by atoms with E-state index in [0.29, 0.717) is 22.3 Å². The first-order valence-corrected chi connectivity index (χ1v) is 9.52. The maximum absolute atomic E-state index is 6.62. The third kappa shape index (κ3) is 3.11. The summed E-state index contributed by atoms with van der Waals surface area (Å²) in [4.78, 5) is 0. The van der Waals surface area contributed by atoms with Crippen LogP contribution in [-0.4, -0.2) is 15.4 Å². The van der Waals surface area contributed by atoms with Gasteiger partial charge in [0, 0.05) is 11.8 Å². The van der Waals surface area contributed by atoms with Crippen LogP contribution in [-0.2, 0) is 0 Å². The van der Waals surface area contributed by atoms with Crippen LogP contribution in [0.4, 0.5) is 5.69 Å². The summed E-state index contributed by atoms with van der Waals surface area (Å²) in [5.41, 5.74) is 8.11. The fraction of sp³-hybridized carbons (Fsp3) is 0.625. The summed E-state index contributed by atoms with van der Waals surface area (Å²) in [7, 11) is -0.297. The van der Waals surface area contributed by atoms with Crippen molar-refractivity contribution in [2.75, 3.05) is 12.8 Å². The highest BCUT2D eigenvalue weighted by Crippen LogP contribution is 2.44. The van der Waals surface area contributed by atoms with Gasteiger partial charge in [-0.05, 0) is 28.8 Å². The number of methoxy groups -OCH3 is 1. The molecule has 0 bridgehead atoms. The van der Waals surface area contributed by atoms with Gasteiger partial charge in [0.1, 0.15) is 5.75 Å². The van der Waals surface area contributed by atoms with Crippen molar-refractivity contribution in [3.8, 4) is 11.5 Å². The minimum absolute atomic E-state index is 0.532. The highest BCUT2D eigenvalue weighted by molar-refractivity contribution is 6.78. The third-order valence-electron chi connectivity index (χ3n) is 4.18. The zero-order chi connectivity index (χ0) is 15.5. The lowest BCUT2D eigenvalue weighted by Crippen LogP contribution is -2.50. The molecule has 0 aromatic heterocycles. The molecule has 1 aromatic carbocycles. The van der Waals surface area contributed by atoms with E-state index in [4.69, 9.17) is 14.9 Å². The van der Waals surface area contributed by atoms with Crippen LogP contribution >= 0.6 is 0 Å². The minimum atomic E-state index is -1.95. The Morgan fingerprint density at radius 3 is 1.80 bits per heavy atom. The van der Waals surface area contributed by atoms with E-state index in [2.05, 4.69) is 41.5 Å². The SMILES string of the molecule is COc1cc(N)ccc1O[Si](C(C)C)(C(C)C)C(C)C. The van der Waals surface area contributed by atoms with Crippen LogP contribution in [0.15, 0.2) is 18.2 Å². The molecule has 114 valence electrons. The maximum atomic E-state index is 6.62. The number of ether oxygens (including phenoxy) is 1. The lowest BCUT2D eigenvalue weighted by molar-refractivity contribution is 0.383. The number of rotatable bonds is 6. The van der Waals surface area contributed by atoms with Gasteiger partial charge in [-0.25, -0.2) is 0 Å². The Morgan fingerprint density at radius 1 is 0.900 bits per heavy atom. The molecule has 0 unspecified atom stereocenters. The van der Waals surface area contributed by atoms with Crippen molar-refractivity contribution < 1.29 is 9.16 Å². The van der Waals surface area contributed by atoms with Crippen LogP contribution in [0.3, 0.4) is 0 Å². The Bertz CT molecular complexity index is 422. The highest BCUT2D eigenvalue weighted by atomic mass is 28.4. The number of anilines is 1. The molecule has 0 radical (unpaired) electrons. The average molecular weight is 295 g/mol. The van der Waals surface area contributed by atoms with Gasteiger partial charge in [-0.1, -0.05) is 41.5 Å². The maximum Gasteiger partial charge on any atom is 0.258 e. The zero-order valence-corrected chi connectivity index (χ0v) is 14.9. The van der Waals surface area contributed by atoms with Gasteiger partial charge in [-0.3, -0.25) is 0 Å². The summed E-state index contributed by atoms with van der Waals surface area (Å²) >= 11 is 0. The highest BCUT2D eigenvalue weighted by Gasteiger charge is 2.47. The fourth-order valence-corrected chi connectivity index (χ4v) is 8.57. The van der Waals surface area contributed by atoms with Crippen LogP contribution in [0.25, 0.3) is 0 Å². The third-order valence-corrected chi connectivity index (χ3v) is 10.2. The van der Waals surface area contributed by atoms with Gasteiger partial charge in [0.2, 0.25) is 0 Å². The summed E-state index contributed by atoms with van der Waals surface area (Å²) in [6.07, 6.45) is 0. The fourth-order valence-electron chi connectivity index (χ4n) is 3.31. The van der Waals surface area contributed by atoms with E-state index < -0.39 is 8.32 Å². The van der Waals surface area contributed by atoms with Gasteiger partial charge in [-0.15, -0.1) is 0 Å². The molecule has 0 aliphatic heterocycles. The molecule has 4 heteroatoms. The van der Waals surface area contributed by atoms with E-state index in [1.54, 1.807) is 7.11 Å². The summed E-state index contributed by atoms with van der Waals surface area (Å²) in [5, 5.41) is 0. The standard InChI is InChI=1S/C16H29NO2Si/c1-11(2)20(12(3)4,13(5)6)19-15-9-8-14(17)10-16(15)18-7/h8-13H,17H2,1-7H3. The molecule has 0 saturated heterocycles. The quantitative estimate of drug-likeness (QED) is 0.604. The number of hydrogen-bond acceptors (Lipinski definition) is 3. The monoisotopic (exact) mass is 295 g/mol. The Labute approximate surface area is 124 Å². The largest absolute Gasteiger partial charge is 0.540 e. The van der Waals surface area contributed by atoms with Crippen molar-refractivity contribution in [1.82, 2.24) is 0 Å². The molecule has 0 saturated carbocycles. The number of nitrogens with two attached hydrogens (primary N) is 1. The first-order chi connectivity index (χ1) is 9.25. The summed E-state index contributed by atoms with van der Waals surface area (Å²) in [6, 6.07) is 5.64. The molecule has 0 aliphatic carbocycles. The van der Waals surface area contributed by atoms with Gasteiger partial charge >= 0.3 is 0 Å². The molecule has 1 aromatic rings. The van der Waals surface area contributed by atoms with Crippen molar-refractivity contribution in [3.05, 3.63) is 18.2 Å². The van der Waals surface area contributed by atoms with E-state index in [1.807, 2.05) is 18.2 Å². The van der Waals surface area contributed by atoms with Gasteiger partial charge in [0.15, 0.2) is 5.75 Å². The molecule has 0 heterocycles. The predicted molar refractivity (Wildman–Crippen MR) is 89.1 cm³/mol. The second-order valence-electron chi connectivity index (χ2n) is 6.33. The summed E-state index contributed by atoms with van der Waals surface area (Å²) in [5.74, 6) is 1.55. The van der Waals surface area contributed by atoms with Crippen LogP contribution in [0.1, 0.15) is 41.5 Å². The van der Waals surface area contributed by atoms with E-state index in [-0.39, 0.29) is 0 Å². The molecule has 2 N–H and O–H groups in total. The van der Waals surface area contributed by atoms with Crippen molar-refractivity contribution in [2.45, 2.75) is 58.2 Å². The van der Waals surface area contributed by atoms with Crippen molar-refractivity contribution in [1.29, 1.82) is 0 Å². The van der Waals surface area contributed by atoms with Crippen molar-refractivity contribution in [2.24, 2.45) is 0 Å². The summed E-state index contributed by atoms with van der Waals surface area (Å²) in [6.45, 7) is 13.6. The van der Waals surface area contributed by atoms with Gasteiger partial charge < -0.3 is 14.9 Å². The molecule has 0 fully saturated rings. The second-order valence-corrected chi connectivity index (χ2v) is 11.7. The van der Waals surface area contributed by atoms with Gasteiger partial charge in [0.25, 0.3) is 8.32 Å². The number of nitrogen functional groups attached to an aromatic ring is 1. The Balaban J connectivity index is 3.26. The van der Waals surface area contributed by atoms with Crippen LogP contribution < -0.4 is 14.9 Å². The molecular weight excluding hydrogens is 266 g/mol. The van der Waals surface area contributed by atoms with Crippen molar-refractivity contribution in [3.63, 3.8) is 0 Å². The van der Waals surface area contributed by atoms with E-state index in [9.17, 15) is 0 Å². The molecule has 0 atom stereocenters. The average Bonchev–Trinajstić information content (AvgIpc) is 2.35. The smallest absolute Gasteiger partial charge is 0.258 e. The summed E-state index contributed by atoms with van der Waals surface area (Å²) < 4.78 is 12.1. The van der Waals surface area contributed by atoms with Crippen molar-refractivity contribution >= 4 is 14.0 Å². The minimum Gasteiger partial charge on any atom is -0.540 e. The lowest BCUT2D eigenvalue weighted by atomic mass is 10.3. The Hall–Kier alpha value is -1.16. The first kappa shape index (κ1) is 16.9.